The first-order valence-corrected chi connectivity index (χ1v) is 8.64. The van der Waals surface area contributed by atoms with E-state index in [1.165, 1.54) is 12.1 Å². The molecule has 1 fully saturated rings. The van der Waals surface area contributed by atoms with Crippen molar-refractivity contribution in [2.45, 2.75) is 18.6 Å². The fourth-order valence-corrected chi connectivity index (χ4v) is 3.73. The van der Waals surface area contributed by atoms with E-state index in [4.69, 9.17) is 0 Å². The molecule has 2 heterocycles. The number of nitrogens with zero attached hydrogens (tertiary/aromatic N) is 1. The maximum atomic E-state index is 13.1. The van der Waals surface area contributed by atoms with Gasteiger partial charge in [-0.2, -0.15) is 24.5 Å². The van der Waals surface area contributed by atoms with Gasteiger partial charge in [0.25, 0.3) is 0 Å². The molecule has 23 heavy (non-hydrogen) atoms. The number of thiophene rings is 1. The number of hydrogen-bond acceptors (Lipinski definition) is 3. The van der Waals surface area contributed by atoms with Gasteiger partial charge in [-0.15, -0.1) is 0 Å². The van der Waals surface area contributed by atoms with Gasteiger partial charge in [-0.25, -0.2) is 0 Å². The molecule has 124 valence electrons. The average Bonchev–Trinajstić information content (AvgIpc) is 2.90. The molecule has 1 aromatic heterocycles. The van der Waals surface area contributed by atoms with E-state index >= 15 is 0 Å². The van der Waals surface area contributed by atoms with Gasteiger partial charge in [0.1, 0.15) is 0 Å². The van der Waals surface area contributed by atoms with Crippen LogP contribution in [0.5, 0.6) is 0 Å². The van der Waals surface area contributed by atoms with E-state index in [1.807, 2.05) is 16.8 Å². The fourth-order valence-electron chi connectivity index (χ4n) is 3.05. The molecule has 0 amide bonds. The second-order valence-corrected chi connectivity index (χ2v) is 6.50. The molecule has 0 bridgehead atoms. The van der Waals surface area contributed by atoms with Crippen molar-refractivity contribution in [1.29, 1.82) is 0 Å². The Labute approximate surface area is 137 Å². The SMILES string of the molecule is FC(F)(F)c1cccc(C(c2ccsc2)N2CCCNCC2)c1. The molecule has 1 saturated heterocycles. The lowest BCUT2D eigenvalue weighted by Gasteiger charge is -2.31. The Kier molecular flexibility index (Phi) is 5.04. The van der Waals surface area contributed by atoms with Crippen molar-refractivity contribution < 1.29 is 13.2 Å². The number of hydrogen-bond donors (Lipinski definition) is 1. The van der Waals surface area contributed by atoms with Crippen molar-refractivity contribution in [1.82, 2.24) is 10.2 Å². The molecule has 3 rings (SSSR count). The van der Waals surface area contributed by atoms with Crippen molar-refractivity contribution in [3.05, 3.63) is 57.8 Å². The molecule has 2 nitrogen and oxygen atoms in total. The molecule has 0 saturated carbocycles. The van der Waals surface area contributed by atoms with Gasteiger partial charge in [-0.05, 0) is 53.1 Å². The third kappa shape index (κ3) is 3.94. The van der Waals surface area contributed by atoms with Crippen LogP contribution in [0.3, 0.4) is 0 Å². The smallest absolute Gasteiger partial charge is 0.315 e. The van der Waals surface area contributed by atoms with Crippen molar-refractivity contribution in [3.63, 3.8) is 0 Å². The summed E-state index contributed by atoms with van der Waals surface area (Å²) in [5.74, 6) is 0. The first-order chi connectivity index (χ1) is 11.1. The molecule has 0 radical (unpaired) electrons. The molecule has 1 aromatic carbocycles. The van der Waals surface area contributed by atoms with E-state index < -0.39 is 11.7 Å². The van der Waals surface area contributed by atoms with Crippen LogP contribution < -0.4 is 5.32 Å². The van der Waals surface area contributed by atoms with Crippen LogP contribution in [0.25, 0.3) is 0 Å². The molecular weight excluding hydrogens is 321 g/mol. The number of benzene rings is 1. The van der Waals surface area contributed by atoms with Gasteiger partial charge in [-0.1, -0.05) is 12.1 Å². The Balaban J connectivity index is 1.98. The fraction of sp³-hybridized carbons (Fsp3) is 0.412. The summed E-state index contributed by atoms with van der Waals surface area (Å²) in [6.07, 6.45) is -3.31. The number of halogens is 3. The predicted octanol–water partition coefficient (Wildman–Crippen LogP) is 4.15. The lowest BCUT2D eigenvalue weighted by Crippen LogP contribution is -2.33. The molecule has 0 spiro atoms. The summed E-state index contributed by atoms with van der Waals surface area (Å²) in [5, 5.41) is 7.35. The molecule has 1 aliphatic rings. The standard InChI is InChI=1S/C17H19F3N2S/c18-17(19,20)15-4-1-3-13(11-15)16(14-5-10-23-12-14)22-8-2-6-21-7-9-22/h1,3-5,10-12,16,21H,2,6-9H2. The van der Waals surface area contributed by atoms with Crippen LogP contribution in [0.15, 0.2) is 41.1 Å². The van der Waals surface area contributed by atoms with E-state index in [1.54, 1.807) is 17.4 Å². The van der Waals surface area contributed by atoms with Crippen LogP contribution in [0.4, 0.5) is 13.2 Å². The summed E-state index contributed by atoms with van der Waals surface area (Å²) < 4.78 is 39.2. The topological polar surface area (TPSA) is 15.3 Å². The lowest BCUT2D eigenvalue weighted by atomic mass is 9.97. The van der Waals surface area contributed by atoms with Crippen molar-refractivity contribution in [2.24, 2.45) is 0 Å². The zero-order valence-corrected chi connectivity index (χ0v) is 13.5. The maximum absolute atomic E-state index is 13.1. The summed E-state index contributed by atoms with van der Waals surface area (Å²) in [5.41, 5.74) is 1.19. The lowest BCUT2D eigenvalue weighted by molar-refractivity contribution is -0.137. The highest BCUT2D eigenvalue weighted by Crippen LogP contribution is 2.35. The van der Waals surface area contributed by atoms with Gasteiger partial charge < -0.3 is 5.32 Å². The van der Waals surface area contributed by atoms with Gasteiger partial charge in [0, 0.05) is 19.6 Å². The molecule has 1 unspecified atom stereocenters. The highest BCUT2D eigenvalue weighted by molar-refractivity contribution is 7.08. The number of rotatable bonds is 3. The minimum atomic E-state index is -4.31. The van der Waals surface area contributed by atoms with Gasteiger partial charge in [-0.3, -0.25) is 4.90 Å². The first kappa shape index (κ1) is 16.5. The Hall–Kier alpha value is -1.37. The van der Waals surface area contributed by atoms with Crippen molar-refractivity contribution >= 4 is 11.3 Å². The quantitative estimate of drug-likeness (QED) is 0.903. The Morgan fingerprint density at radius 2 is 1.96 bits per heavy atom. The summed E-state index contributed by atoms with van der Waals surface area (Å²) in [6, 6.07) is 7.62. The van der Waals surface area contributed by atoms with Crippen molar-refractivity contribution in [3.8, 4) is 0 Å². The van der Waals surface area contributed by atoms with E-state index in [-0.39, 0.29) is 6.04 Å². The van der Waals surface area contributed by atoms with Gasteiger partial charge in [0.2, 0.25) is 0 Å². The van der Waals surface area contributed by atoms with Gasteiger partial charge >= 0.3 is 6.18 Å². The van der Waals surface area contributed by atoms with E-state index in [0.29, 0.717) is 5.56 Å². The molecule has 2 aromatic rings. The minimum absolute atomic E-state index is 0.122. The first-order valence-electron chi connectivity index (χ1n) is 7.70. The zero-order valence-electron chi connectivity index (χ0n) is 12.6. The molecular formula is C17H19F3N2S. The zero-order chi connectivity index (χ0) is 16.3. The summed E-state index contributed by atoms with van der Waals surface area (Å²) in [6.45, 7) is 3.52. The second kappa shape index (κ2) is 7.03. The minimum Gasteiger partial charge on any atom is -0.315 e. The second-order valence-electron chi connectivity index (χ2n) is 5.72. The van der Waals surface area contributed by atoms with Crippen molar-refractivity contribution in [2.75, 3.05) is 26.2 Å². The average molecular weight is 340 g/mol. The summed E-state index contributed by atoms with van der Waals surface area (Å²) in [4.78, 5) is 2.28. The summed E-state index contributed by atoms with van der Waals surface area (Å²) >= 11 is 1.58. The molecule has 6 heteroatoms. The highest BCUT2D eigenvalue weighted by Gasteiger charge is 2.32. The number of alkyl halides is 3. The van der Waals surface area contributed by atoms with Crippen LogP contribution in [-0.4, -0.2) is 31.1 Å². The summed E-state index contributed by atoms with van der Waals surface area (Å²) in [7, 11) is 0. The van der Waals surface area contributed by atoms with Gasteiger partial charge in [0.15, 0.2) is 0 Å². The largest absolute Gasteiger partial charge is 0.416 e. The Morgan fingerprint density at radius 3 is 2.70 bits per heavy atom. The van der Waals surface area contributed by atoms with Crippen LogP contribution >= 0.6 is 11.3 Å². The van der Waals surface area contributed by atoms with E-state index in [0.717, 1.165) is 44.2 Å². The predicted molar refractivity (Wildman–Crippen MR) is 86.7 cm³/mol. The number of nitrogens with one attached hydrogen (secondary N) is 1. The maximum Gasteiger partial charge on any atom is 0.416 e. The van der Waals surface area contributed by atoms with E-state index in [9.17, 15) is 13.2 Å². The molecule has 1 N–H and O–H groups in total. The third-order valence-electron chi connectivity index (χ3n) is 4.13. The third-order valence-corrected chi connectivity index (χ3v) is 4.83. The Morgan fingerprint density at radius 1 is 1.09 bits per heavy atom. The van der Waals surface area contributed by atoms with Crippen LogP contribution in [0, 0.1) is 0 Å². The normalized spacial score (nSPS) is 18.6. The van der Waals surface area contributed by atoms with Crippen LogP contribution in [-0.2, 0) is 6.18 Å². The van der Waals surface area contributed by atoms with Crippen LogP contribution in [0.1, 0.15) is 29.2 Å². The Bertz CT molecular complexity index is 617. The van der Waals surface area contributed by atoms with Gasteiger partial charge in [0.05, 0.1) is 11.6 Å². The highest BCUT2D eigenvalue weighted by atomic mass is 32.1. The monoisotopic (exact) mass is 340 g/mol. The van der Waals surface area contributed by atoms with Crippen LogP contribution in [0.2, 0.25) is 0 Å². The molecule has 0 aliphatic carbocycles. The molecule has 1 aliphatic heterocycles. The molecule has 1 atom stereocenters. The van der Waals surface area contributed by atoms with E-state index in [2.05, 4.69) is 10.2 Å².